The van der Waals surface area contributed by atoms with Crippen LogP contribution in [0.15, 0.2) is 65.1 Å². The Morgan fingerprint density at radius 2 is 1.62 bits per heavy atom. The van der Waals surface area contributed by atoms with Gasteiger partial charge in [-0.1, -0.05) is 12.1 Å². The third-order valence-corrected chi connectivity index (χ3v) is 6.46. The highest BCUT2D eigenvalue weighted by Gasteiger charge is 2.48. The summed E-state index contributed by atoms with van der Waals surface area (Å²) < 4.78 is 27.3. The molecule has 0 amide bonds. The highest BCUT2D eigenvalue weighted by atomic mass is 16.5. The van der Waals surface area contributed by atoms with Crippen molar-refractivity contribution >= 4 is 24.1 Å². The normalized spacial score (nSPS) is 19.6. The van der Waals surface area contributed by atoms with Gasteiger partial charge in [0.25, 0.3) is 0 Å². The van der Waals surface area contributed by atoms with Crippen LogP contribution in [0.5, 0.6) is 17.2 Å². The molecular weight excluding hydrogens is 476 g/mol. The lowest BCUT2D eigenvalue weighted by Gasteiger charge is -2.29. The molecule has 8 nitrogen and oxygen atoms in total. The summed E-state index contributed by atoms with van der Waals surface area (Å²) in [5.74, 6) is -0.267. The van der Waals surface area contributed by atoms with E-state index in [1.165, 1.54) is 26.4 Å². The summed E-state index contributed by atoms with van der Waals surface area (Å²) >= 11 is 0. The summed E-state index contributed by atoms with van der Waals surface area (Å²) in [4.78, 5) is 38.6. The molecule has 2 atom stereocenters. The van der Waals surface area contributed by atoms with Crippen LogP contribution in [0.4, 0.5) is 0 Å². The molecule has 0 spiro atoms. The fourth-order valence-corrected chi connectivity index (χ4v) is 4.71. The van der Waals surface area contributed by atoms with Crippen LogP contribution >= 0.6 is 0 Å². The lowest BCUT2D eigenvalue weighted by molar-refractivity contribution is -0.139. The van der Waals surface area contributed by atoms with Crippen molar-refractivity contribution in [3.05, 3.63) is 81.8 Å². The number of carbonyl (C=O) groups excluding carboxylic acids is 3. The molecule has 0 radical (unpaired) electrons. The fraction of sp³-hybridized carbons (Fsp3) is 0.276. The van der Waals surface area contributed by atoms with Crippen molar-refractivity contribution < 1.29 is 38.1 Å². The van der Waals surface area contributed by atoms with E-state index in [2.05, 4.69) is 0 Å². The molecule has 2 aromatic carbocycles. The Kier molecular flexibility index (Phi) is 7.47. The molecule has 2 unspecified atom stereocenters. The van der Waals surface area contributed by atoms with Crippen LogP contribution in [0, 0.1) is 5.92 Å². The highest BCUT2D eigenvalue weighted by molar-refractivity contribution is 6.06. The second-order valence-electron chi connectivity index (χ2n) is 8.52. The molecule has 192 valence electrons. The summed E-state index contributed by atoms with van der Waals surface area (Å²) in [6.07, 6.45) is 3.88. The average Bonchev–Trinajstić information content (AvgIpc) is 3.21. The maximum Gasteiger partial charge on any atom is 0.334 e. The van der Waals surface area contributed by atoms with Crippen molar-refractivity contribution in [3.8, 4) is 17.2 Å². The van der Waals surface area contributed by atoms with E-state index in [1.54, 1.807) is 45.2 Å². The first-order valence-corrected chi connectivity index (χ1v) is 11.7. The number of carbonyl (C=O) groups is 3. The molecule has 1 aliphatic carbocycles. The maximum atomic E-state index is 13.8. The van der Waals surface area contributed by atoms with Crippen LogP contribution in [0.2, 0.25) is 0 Å². The molecule has 37 heavy (non-hydrogen) atoms. The number of fused-ring (bicyclic) bond motifs is 1. The standard InChI is InChI=1S/C29H28O8/c1-6-36-29(32)25-16(2)11-23-27(26(25)17-7-9-20(33-3)10-8-17)28(31)24(37-23)13-18-12-21(34-4)22(35-5)14-19(18)15-30/h7-15,26-27H,6H2,1-5H3/b24-13-. The molecule has 2 aliphatic rings. The lowest BCUT2D eigenvalue weighted by Crippen LogP contribution is -2.28. The van der Waals surface area contributed by atoms with E-state index in [9.17, 15) is 14.4 Å². The van der Waals surface area contributed by atoms with E-state index >= 15 is 0 Å². The van der Waals surface area contributed by atoms with Gasteiger partial charge >= 0.3 is 5.97 Å². The molecule has 1 fully saturated rings. The third-order valence-electron chi connectivity index (χ3n) is 6.46. The molecule has 4 rings (SSSR count). The van der Waals surface area contributed by atoms with Gasteiger partial charge in [-0.15, -0.1) is 0 Å². The first-order chi connectivity index (χ1) is 17.9. The SMILES string of the molecule is CCOC(=O)C1=C(C)C=C2O/C(=C\c3cc(OC)c(OC)cc3C=O)C(=O)C2C1c1ccc(OC)cc1. The van der Waals surface area contributed by atoms with Gasteiger partial charge in [-0.05, 0) is 67.0 Å². The Hall–Kier alpha value is -4.33. The number of ether oxygens (including phenoxy) is 5. The predicted octanol–water partition coefficient (Wildman–Crippen LogP) is 4.64. The monoisotopic (exact) mass is 504 g/mol. The zero-order valence-electron chi connectivity index (χ0n) is 21.3. The van der Waals surface area contributed by atoms with Crippen molar-refractivity contribution in [1.82, 2.24) is 0 Å². The van der Waals surface area contributed by atoms with Gasteiger partial charge in [-0.25, -0.2) is 4.79 Å². The molecule has 0 saturated carbocycles. The van der Waals surface area contributed by atoms with E-state index in [1.807, 2.05) is 12.1 Å². The summed E-state index contributed by atoms with van der Waals surface area (Å²) in [5.41, 5.74) is 2.54. The Morgan fingerprint density at radius 1 is 0.973 bits per heavy atom. The molecule has 1 aliphatic heterocycles. The average molecular weight is 505 g/mol. The van der Waals surface area contributed by atoms with Crippen molar-refractivity contribution in [3.63, 3.8) is 0 Å². The summed E-state index contributed by atoms with van der Waals surface area (Å²) in [6, 6.07) is 10.4. The first-order valence-electron chi connectivity index (χ1n) is 11.7. The molecule has 0 bridgehead atoms. The predicted molar refractivity (Wildman–Crippen MR) is 136 cm³/mol. The number of hydrogen-bond donors (Lipinski definition) is 0. The summed E-state index contributed by atoms with van der Waals surface area (Å²) in [5, 5.41) is 0. The van der Waals surface area contributed by atoms with E-state index in [-0.39, 0.29) is 18.1 Å². The van der Waals surface area contributed by atoms with Gasteiger partial charge in [-0.3, -0.25) is 9.59 Å². The zero-order chi connectivity index (χ0) is 26.7. The largest absolute Gasteiger partial charge is 0.497 e. The Balaban J connectivity index is 1.81. The number of ketones is 1. The number of Topliss-reactive ketones (excluding diaryl/α,β-unsaturated/α-hetero) is 1. The van der Waals surface area contributed by atoms with Gasteiger partial charge in [-0.2, -0.15) is 0 Å². The van der Waals surface area contributed by atoms with E-state index in [0.717, 1.165) is 5.56 Å². The number of rotatable bonds is 8. The highest BCUT2D eigenvalue weighted by Crippen LogP contribution is 2.49. The maximum absolute atomic E-state index is 13.8. The van der Waals surface area contributed by atoms with Crippen LogP contribution in [0.1, 0.15) is 41.3 Å². The molecule has 1 heterocycles. The van der Waals surface area contributed by atoms with Crippen LogP contribution in [0.3, 0.4) is 0 Å². The van der Waals surface area contributed by atoms with Gasteiger partial charge < -0.3 is 23.7 Å². The minimum Gasteiger partial charge on any atom is -0.497 e. The van der Waals surface area contributed by atoms with Crippen molar-refractivity contribution in [1.29, 1.82) is 0 Å². The molecule has 0 N–H and O–H groups in total. The van der Waals surface area contributed by atoms with Crippen molar-refractivity contribution in [2.75, 3.05) is 27.9 Å². The Morgan fingerprint density at radius 3 is 2.19 bits per heavy atom. The molecule has 1 saturated heterocycles. The summed E-state index contributed by atoms with van der Waals surface area (Å²) in [7, 11) is 4.52. The van der Waals surface area contributed by atoms with E-state index < -0.39 is 17.8 Å². The quantitative estimate of drug-likeness (QED) is 0.291. The molecular formula is C29H28O8. The van der Waals surface area contributed by atoms with Crippen LogP contribution in [-0.2, 0) is 19.1 Å². The topological polar surface area (TPSA) is 97.4 Å². The Bertz CT molecular complexity index is 1330. The van der Waals surface area contributed by atoms with Crippen LogP contribution in [0.25, 0.3) is 6.08 Å². The van der Waals surface area contributed by atoms with Gasteiger partial charge in [0.1, 0.15) is 11.5 Å². The summed E-state index contributed by atoms with van der Waals surface area (Å²) in [6.45, 7) is 3.73. The Labute approximate surface area is 215 Å². The smallest absolute Gasteiger partial charge is 0.334 e. The van der Waals surface area contributed by atoms with E-state index in [0.29, 0.717) is 51.6 Å². The number of hydrogen-bond acceptors (Lipinski definition) is 8. The zero-order valence-corrected chi connectivity index (χ0v) is 21.3. The first kappa shape index (κ1) is 25.8. The minimum absolute atomic E-state index is 0.0583. The van der Waals surface area contributed by atoms with Crippen molar-refractivity contribution in [2.24, 2.45) is 5.92 Å². The van der Waals surface area contributed by atoms with Gasteiger partial charge in [0, 0.05) is 17.1 Å². The third kappa shape index (κ3) is 4.74. The number of methoxy groups -OCH3 is 3. The number of esters is 1. The van der Waals surface area contributed by atoms with Gasteiger partial charge in [0.05, 0.1) is 33.9 Å². The lowest BCUT2D eigenvalue weighted by atomic mass is 9.73. The minimum atomic E-state index is -0.775. The van der Waals surface area contributed by atoms with Crippen LogP contribution < -0.4 is 14.2 Å². The number of aldehydes is 1. The van der Waals surface area contributed by atoms with Crippen LogP contribution in [-0.4, -0.2) is 46.0 Å². The number of benzene rings is 2. The number of allylic oxidation sites excluding steroid dienone is 4. The van der Waals surface area contributed by atoms with Gasteiger partial charge in [0.2, 0.25) is 5.78 Å². The van der Waals surface area contributed by atoms with Crippen molar-refractivity contribution in [2.45, 2.75) is 19.8 Å². The molecule has 0 aromatic heterocycles. The fourth-order valence-electron chi connectivity index (χ4n) is 4.71. The molecule has 2 aromatic rings. The van der Waals surface area contributed by atoms with E-state index in [4.69, 9.17) is 23.7 Å². The molecule has 8 heteroatoms. The van der Waals surface area contributed by atoms with Gasteiger partial charge in [0.15, 0.2) is 23.5 Å². The second kappa shape index (κ2) is 10.7. The second-order valence-corrected chi connectivity index (χ2v) is 8.52.